The summed E-state index contributed by atoms with van der Waals surface area (Å²) in [6, 6.07) is 14.5. The Kier molecular flexibility index (Phi) is 5.96. The van der Waals surface area contributed by atoms with Crippen molar-refractivity contribution in [3.05, 3.63) is 64.1 Å². The van der Waals surface area contributed by atoms with Gasteiger partial charge in [-0.1, -0.05) is 59.2 Å². The average Bonchev–Trinajstić information content (AvgIpc) is 3.07. The molecule has 2 aromatic carbocycles. The number of nitrogens with one attached hydrogen (secondary N) is 1. The Labute approximate surface area is 158 Å². The average molecular weight is 394 g/mol. The minimum absolute atomic E-state index is 0.137. The maximum absolute atomic E-state index is 11.9. The van der Waals surface area contributed by atoms with Crippen molar-refractivity contribution < 1.29 is 9.21 Å². The highest BCUT2D eigenvalue weighted by Crippen LogP contribution is 2.28. The largest absolute Gasteiger partial charge is 0.411 e. The van der Waals surface area contributed by atoms with Crippen molar-refractivity contribution in [3.63, 3.8) is 0 Å². The van der Waals surface area contributed by atoms with Gasteiger partial charge in [-0.25, -0.2) is 0 Å². The third kappa shape index (κ3) is 4.98. The minimum Gasteiger partial charge on any atom is -0.411 e. The molecule has 3 aromatic rings. The molecular weight excluding hydrogens is 381 g/mol. The number of hydrogen-bond acceptors (Lipinski definition) is 5. The van der Waals surface area contributed by atoms with Crippen LogP contribution in [0.15, 0.2) is 58.2 Å². The SMILES string of the molecule is O=C(CSc1nnc(-c2ccccc2Cl)o1)NCc1cccc(Cl)c1. The van der Waals surface area contributed by atoms with Crippen molar-refractivity contribution in [2.45, 2.75) is 11.8 Å². The molecule has 0 saturated carbocycles. The van der Waals surface area contributed by atoms with Crippen molar-refractivity contribution in [2.75, 3.05) is 5.75 Å². The zero-order valence-corrected chi connectivity index (χ0v) is 15.2. The summed E-state index contributed by atoms with van der Waals surface area (Å²) in [6.07, 6.45) is 0. The Morgan fingerprint density at radius 3 is 2.76 bits per heavy atom. The summed E-state index contributed by atoms with van der Waals surface area (Å²) in [7, 11) is 0. The van der Waals surface area contributed by atoms with Crippen molar-refractivity contribution in [3.8, 4) is 11.5 Å². The molecule has 0 aliphatic rings. The van der Waals surface area contributed by atoms with Crippen LogP contribution in [-0.2, 0) is 11.3 Å². The van der Waals surface area contributed by atoms with Crippen LogP contribution in [0, 0.1) is 0 Å². The van der Waals surface area contributed by atoms with Gasteiger partial charge in [0.15, 0.2) is 0 Å². The number of carbonyl (C=O) groups is 1. The zero-order chi connectivity index (χ0) is 17.6. The van der Waals surface area contributed by atoms with Crippen LogP contribution in [0.5, 0.6) is 0 Å². The van der Waals surface area contributed by atoms with Crippen molar-refractivity contribution in [2.24, 2.45) is 0 Å². The van der Waals surface area contributed by atoms with E-state index in [0.717, 1.165) is 5.56 Å². The van der Waals surface area contributed by atoms with E-state index in [2.05, 4.69) is 15.5 Å². The molecule has 0 fully saturated rings. The molecule has 25 heavy (non-hydrogen) atoms. The summed E-state index contributed by atoms with van der Waals surface area (Å²) in [5.41, 5.74) is 1.60. The van der Waals surface area contributed by atoms with Crippen LogP contribution >= 0.6 is 35.0 Å². The van der Waals surface area contributed by atoms with Gasteiger partial charge in [0.2, 0.25) is 11.8 Å². The Morgan fingerprint density at radius 2 is 1.96 bits per heavy atom. The van der Waals surface area contributed by atoms with Crippen LogP contribution in [-0.4, -0.2) is 21.9 Å². The Hall–Kier alpha value is -2.02. The molecule has 0 saturated heterocycles. The molecular formula is C17H13Cl2N3O2S. The molecule has 0 aliphatic heterocycles. The first-order chi connectivity index (χ1) is 12.1. The predicted molar refractivity (Wildman–Crippen MR) is 98.8 cm³/mol. The second-order valence-electron chi connectivity index (χ2n) is 5.05. The molecule has 5 nitrogen and oxygen atoms in total. The first-order valence-electron chi connectivity index (χ1n) is 7.34. The van der Waals surface area contributed by atoms with E-state index >= 15 is 0 Å². The monoisotopic (exact) mass is 393 g/mol. The third-order valence-corrected chi connectivity index (χ3v) is 4.60. The number of amides is 1. The van der Waals surface area contributed by atoms with E-state index < -0.39 is 0 Å². The van der Waals surface area contributed by atoms with Gasteiger partial charge in [0.25, 0.3) is 5.22 Å². The molecule has 1 aromatic heterocycles. The van der Waals surface area contributed by atoms with Crippen LogP contribution in [0.3, 0.4) is 0 Å². The van der Waals surface area contributed by atoms with E-state index in [-0.39, 0.29) is 11.7 Å². The molecule has 128 valence electrons. The van der Waals surface area contributed by atoms with Crippen molar-refractivity contribution in [1.29, 1.82) is 0 Å². The molecule has 0 bridgehead atoms. The number of benzene rings is 2. The third-order valence-electron chi connectivity index (χ3n) is 3.22. The lowest BCUT2D eigenvalue weighted by molar-refractivity contribution is -0.118. The van der Waals surface area contributed by atoms with Gasteiger partial charge >= 0.3 is 0 Å². The summed E-state index contributed by atoms with van der Waals surface area (Å²) < 4.78 is 5.54. The van der Waals surface area contributed by atoms with Crippen LogP contribution in [0.2, 0.25) is 10.0 Å². The summed E-state index contributed by atoms with van der Waals surface area (Å²) >= 11 is 13.2. The topological polar surface area (TPSA) is 68.0 Å². The van der Waals surface area contributed by atoms with E-state index in [0.29, 0.717) is 33.3 Å². The van der Waals surface area contributed by atoms with Crippen molar-refractivity contribution >= 4 is 40.9 Å². The van der Waals surface area contributed by atoms with Gasteiger partial charge in [0.1, 0.15) is 0 Å². The number of aromatic nitrogens is 2. The highest BCUT2D eigenvalue weighted by molar-refractivity contribution is 7.99. The standard InChI is InChI=1S/C17H13Cl2N3O2S/c18-12-5-3-4-11(8-12)9-20-15(23)10-25-17-22-21-16(24-17)13-6-1-2-7-14(13)19/h1-8H,9-10H2,(H,20,23). The summed E-state index contributed by atoms with van der Waals surface area (Å²) in [6.45, 7) is 0.411. The van der Waals surface area contributed by atoms with E-state index in [1.807, 2.05) is 30.3 Å². The molecule has 0 spiro atoms. The molecule has 0 atom stereocenters. The normalized spacial score (nSPS) is 10.6. The van der Waals surface area contributed by atoms with Gasteiger partial charge in [0, 0.05) is 11.6 Å². The number of halogens is 2. The van der Waals surface area contributed by atoms with Crippen LogP contribution in [0.4, 0.5) is 0 Å². The highest BCUT2D eigenvalue weighted by Gasteiger charge is 2.13. The molecule has 0 unspecified atom stereocenters. The van der Waals surface area contributed by atoms with Gasteiger partial charge in [-0.15, -0.1) is 10.2 Å². The second kappa shape index (κ2) is 8.38. The molecule has 1 heterocycles. The fraction of sp³-hybridized carbons (Fsp3) is 0.118. The first kappa shape index (κ1) is 17.8. The lowest BCUT2D eigenvalue weighted by atomic mass is 10.2. The van der Waals surface area contributed by atoms with E-state index in [4.69, 9.17) is 27.6 Å². The van der Waals surface area contributed by atoms with Crippen LogP contribution in [0.1, 0.15) is 5.56 Å². The number of thioether (sulfide) groups is 1. The number of nitrogens with zero attached hydrogens (tertiary/aromatic N) is 2. The van der Waals surface area contributed by atoms with E-state index in [1.54, 1.807) is 18.2 Å². The Balaban J connectivity index is 1.52. The van der Waals surface area contributed by atoms with E-state index in [1.165, 1.54) is 11.8 Å². The molecule has 3 rings (SSSR count). The van der Waals surface area contributed by atoms with Gasteiger partial charge < -0.3 is 9.73 Å². The molecule has 1 amide bonds. The number of rotatable bonds is 6. The Bertz CT molecular complexity index is 886. The summed E-state index contributed by atoms with van der Waals surface area (Å²) in [5.74, 6) is 0.361. The first-order valence-corrected chi connectivity index (χ1v) is 9.08. The summed E-state index contributed by atoms with van der Waals surface area (Å²) in [4.78, 5) is 11.9. The van der Waals surface area contributed by atoms with Crippen LogP contribution < -0.4 is 5.32 Å². The van der Waals surface area contributed by atoms with Gasteiger partial charge in [0.05, 0.1) is 16.3 Å². The van der Waals surface area contributed by atoms with Crippen LogP contribution in [0.25, 0.3) is 11.5 Å². The zero-order valence-electron chi connectivity index (χ0n) is 12.9. The maximum atomic E-state index is 11.9. The Morgan fingerprint density at radius 1 is 1.12 bits per heavy atom. The highest BCUT2D eigenvalue weighted by atomic mass is 35.5. The smallest absolute Gasteiger partial charge is 0.277 e. The second-order valence-corrected chi connectivity index (χ2v) is 6.82. The molecule has 8 heteroatoms. The quantitative estimate of drug-likeness (QED) is 0.626. The van der Waals surface area contributed by atoms with Crippen molar-refractivity contribution in [1.82, 2.24) is 15.5 Å². The van der Waals surface area contributed by atoms with Gasteiger partial charge in [-0.05, 0) is 29.8 Å². The molecule has 0 radical (unpaired) electrons. The lowest BCUT2D eigenvalue weighted by Gasteiger charge is -2.04. The fourth-order valence-electron chi connectivity index (χ4n) is 2.04. The minimum atomic E-state index is -0.137. The number of carbonyl (C=O) groups excluding carboxylic acids is 1. The molecule has 0 aliphatic carbocycles. The lowest BCUT2D eigenvalue weighted by Crippen LogP contribution is -2.24. The predicted octanol–water partition coefficient (Wildman–Crippen LogP) is 4.45. The van der Waals surface area contributed by atoms with Gasteiger partial charge in [-0.2, -0.15) is 0 Å². The van der Waals surface area contributed by atoms with E-state index in [9.17, 15) is 4.79 Å². The number of hydrogen-bond donors (Lipinski definition) is 1. The molecule has 1 N–H and O–H groups in total. The summed E-state index contributed by atoms with van der Waals surface area (Å²) in [5, 5.41) is 12.2. The fourth-order valence-corrected chi connectivity index (χ4v) is 3.06. The van der Waals surface area contributed by atoms with Gasteiger partial charge in [-0.3, -0.25) is 4.79 Å². The maximum Gasteiger partial charge on any atom is 0.277 e.